The largest absolute Gasteiger partial charge is 0.491 e. The van der Waals surface area contributed by atoms with Gasteiger partial charge in [-0.15, -0.1) is 0 Å². The third-order valence-electron chi connectivity index (χ3n) is 5.75. The number of para-hydroxylation sites is 1. The molecular weight excluding hydrogens is 545 g/mol. The molecule has 1 aliphatic heterocycles. The Labute approximate surface area is 232 Å². The molecule has 4 aromatic rings. The van der Waals surface area contributed by atoms with Gasteiger partial charge in [-0.2, -0.15) is 0 Å². The average Bonchev–Trinajstić information content (AvgIpc) is 3.17. The lowest BCUT2D eigenvalue weighted by molar-refractivity contribution is -0.123. The predicted octanol–water partition coefficient (Wildman–Crippen LogP) is 7.48. The molecule has 0 atom stereocenters. The molecule has 5 rings (SSSR count). The van der Waals surface area contributed by atoms with Crippen LogP contribution >= 0.6 is 35.0 Å². The van der Waals surface area contributed by atoms with Gasteiger partial charge in [-0.3, -0.25) is 14.5 Å². The van der Waals surface area contributed by atoms with Gasteiger partial charge >= 0.3 is 5.97 Å². The van der Waals surface area contributed by atoms with Crippen molar-refractivity contribution in [2.24, 2.45) is 0 Å². The summed E-state index contributed by atoms with van der Waals surface area (Å²) >= 11 is 12.9. The van der Waals surface area contributed by atoms with Crippen molar-refractivity contribution in [3.05, 3.63) is 111 Å². The van der Waals surface area contributed by atoms with Crippen molar-refractivity contribution in [2.45, 2.75) is 0 Å². The Morgan fingerprint density at radius 3 is 2.47 bits per heavy atom. The highest BCUT2D eigenvalue weighted by Crippen LogP contribution is 2.34. The van der Waals surface area contributed by atoms with Crippen molar-refractivity contribution in [1.29, 1.82) is 0 Å². The highest BCUT2D eigenvalue weighted by atomic mass is 35.5. The monoisotopic (exact) mass is 563 g/mol. The molecule has 0 radical (unpaired) electrons. The number of rotatable bonds is 7. The molecule has 1 fully saturated rings. The van der Waals surface area contributed by atoms with Gasteiger partial charge < -0.3 is 9.47 Å². The lowest BCUT2D eigenvalue weighted by Gasteiger charge is -2.14. The van der Waals surface area contributed by atoms with Crippen LogP contribution in [0.15, 0.2) is 89.8 Å². The van der Waals surface area contributed by atoms with E-state index in [2.05, 4.69) is 0 Å². The Kier molecular flexibility index (Phi) is 7.69. The number of esters is 1. The number of thioether (sulfide) groups is 1. The first-order chi connectivity index (χ1) is 18.4. The molecule has 0 bridgehead atoms. The van der Waals surface area contributed by atoms with E-state index < -0.39 is 17.1 Å². The van der Waals surface area contributed by atoms with Gasteiger partial charge in [0.2, 0.25) is 0 Å². The maximum atomic E-state index is 13.0. The number of halogens is 2. The minimum atomic E-state index is -0.675. The van der Waals surface area contributed by atoms with Gasteiger partial charge in [0.25, 0.3) is 11.1 Å². The van der Waals surface area contributed by atoms with Crippen LogP contribution in [0.4, 0.5) is 4.79 Å². The average molecular weight is 564 g/mol. The maximum absolute atomic E-state index is 13.0. The van der Waals surface area contributed by atoms with Crippen molar-refractivity contribution >= 4 is 68.9 Å². The third kappa shape index (κ3) is 5.55. The first-order valence-electron chi connectivity index (χ1n) is 11.5. The smallest absolute Gasteiger partial charge is 0.345 e. The summed E-state index contributed by atoms with van der Waals surface area (Å²) in [6.07, 6.45) is 1.53. The molecule has 1 heterocycles. The fraction of sp³-hybridized carbons (Fsp3) is 0.0690. The lowest BCUT2D eigenvalue weighted by atomic mass is 10.1. The molecule has 0 unspecified atom stereocenters. The molecule has 6 nitrogen and oxygen atoms in total. The van der Waals surface area contributed by atoms with E-state index in [0.29, 0.717) is 16.3 Å². The third-order valence-corrected chi connectivity index (χ3v) is 7.21. The van der Waals surface area contributed by atoms with Crippen LogP contribution in [-0.4, -0.2) is 35.2 Å². The predicted molar refractivity (Wildman–Crippen MR) is 150 cm³/mol. The van der Waals surface area contributed by atoms with Crippen LogP contribution in [0.2, 0.25) is 10.0 Å². The van der Waals surface area contributed by atoms with Gasteiger partial charge in [0.05, 0.1) is 22.0 Å². The van der Waals surface area contributed by atoms with Crippen LogP contribution in [0, 0.1) is 0 Å². The molecule has 38 heavy (non-hydrogen) atoms. The number of amides is 2. The summed E-state index contributed by atoms with van der Waals surface area (Å²) in [4.78, 5) is 39.7. The Hall–Kier alpha value is -3.78. The van der Waals surface area contributed by atoms with E-state index in [1.165, 1.54) is 24.3 Å². The first-order valence-corrected chi connectivity index (χ1v) is 13.1. The van der Waals surface area contributed by atoms with Crippen molar-refractivity contribution in [3.8, 4) is 11.5 Å². The summed E-state index contributed by atoms with van der Waals surface area (Å²) in [6, 6.07) is 24.7. The quantitative estimate of drug-likeness (QED) is 0.132. The van der Waals surface area contributed by atoms with E-state index in [4.69, 9.17) is 32.7 Å². The molecule has 190 valence electrons. The lowest BCUT2D eigenvalue weighted by Crippen LogP contribution is -2.32. The van der Waals surface area contributed by atoms with E-state index in [-0.39, 0.29) is 34.4 Å². The van der Waals surface area contributed by atoms with Gasteiger partial charge in [-0.05, 0) is 53.6 Å². The molecule has 0 aromatic heterocycles. The molecule has 0 saturated carbocycles. The maximum Gasteiger partial charge on any atom is 0.345 e. The van der Waals surface area contributed by atoms with E-state index in [0.717, 1.165) is 27.4 Å². The minimum absolute atomic E-state index is 0.0942. The molecule has 1 saturated heterocycles. The number of benzene rings is 4. The van der Waals surface area contributed by atoms with E-state index in [9.17, 15) is 14.4 Å². The van der Waals surface area contributed by atoms with Gasteiger partial charge in [0, 0.05) is 16.0 Å². The summed E-state index contributed by atoms with van der Waals surface area (Å²) < 4.78 is 11.5. The highest BCUT2D eigenvalue weighted by Gasteiger charge is 2.35. The van der Waals surface area contributed by atoms with Crippen molar-refractivity contribution in [1.82, 2.24) is 4.90 Å². The molecule has 9 heteroatoms. The zero-order chi connectivity index (χ0) is 26.6. The van der Waals surface area contributed by atoms with E-state index in [1.807, 2.05) is 42.5 Å². The number of fused-ring (bicyclic) bond motifs is 1. The van der Waals surface area contributed by atoms with Gasteiger partial charge in [0.15, 0.2) is 0 Å². The van der Waals surface area contributed by atoms with Crippen molar-refractivity contribution in [3.63, 3.8) is 0 Å². The SMILES string of the molecule is O=C(Oc1ccccc1/C=C1\SC(=O)N(CCOc2cccc3ccccc23)C1=O)c1ccc(Cl)cc1Cl. The second-order valence-corrected chi connectivity index (χ2v) is 10.0. The van der Waals surface area contributed by atoms with Crippen LogP contribution in [0.25, 0.3) is 16.8 Å². The zero-order valence-electron chi connectivity index (χ0n) is 19.7. The Balaban J connectivity index is 1.28. The zero-order valence-corrected chi connectivity index (χ0v) is 22.1. The molecule has 0 aliphatic carbocycles. The standard InChI is InChI=1S/C29H19Cl2NO5S/c30-20-12-13-22(23(31)17-20)28(34)37-24-10-4-2-7-19(24)16-26-27(33)32(29(35)38-26)14-15-36-25-11-5-8-18-6-1-3-9-21(18)25/h1-13,16-17H,14-15H2/b26-16-. The fourth-order valence-corrected chi connectivity index (χ4v) is 5.25. The van der Waals surface area contributed by atoms with E-state index >= 15 is 0 Å². The normalized spacial score (nSPS) is 14.4. The number of carbonyl (C=O) groups excluding carboxylic acids is 3. The second-order valence-electron chi connectivity index (χ2n) is 8.21. The Bertz CT molecular complexity index is 1600. The summed E-state index contributed by atoms with van der Waals surface area (Å²) in [7, 11) is 0. The first kappa shape index (κ1) is 25.9. The molecule has 4 aromatic carbocycles. The van der Waals surface area contributed by atoms with Crippen molar-refractivity contribution < 1.29 is 23.9 Å². The van der Waals surface area contributed by atoms with Crippen LogP contribution in [-0.2, 0) is 4.79 Å². The van der Waals surface area contributed by atoms with Gasteiger partial charge in [0.1, 0.15) is 18.1 Å². The summed E-state index contributed by atoms with van der Waals surface area (Å²) in [5.74, 6) is -0.216. The Morgan fingerprint density at radius 1 is 0.895 bits per heavy atom. The number of hydrogen-bond acceptors (Lipinski definition) is 6. The van der Waals surface area contributed by atoms with Crippen LogP contribution < -0.4 is 9.47 Å². The molecule has 0 spiro atoms. The molecular formula is C29H19Cl2NO5S. The van der Waals surface area contributed by atoms with Crippen LogP contribution in [0.1, 0.15) is 15.9 Å². The number of imide groups is 1. The Morgan fingerprint density at radius 2 is 1.63 bits per heavy atom. The van der Waals surface area contributed by atoms with Crippen LogP contribution in [0.3, 0.4) is 0 Å². The van der Waals surface area contributed by atoms with Crippen LogP contribution in [0.5, 0.6) is 11.5 Å². The van der Waals surface area contributed by atoms with Gasteiger partial charge in [-0.25, -0.2) is 4.79 Å². The highest BCUT2D eigenvalue weighted by molar-refractivity contribution is 8.18. The molecule has 2 amide bonds. The minimum Gasteiger partial charge on any atom is -0.491 e. The topological polar surface area (TPSA) is 72.9 Å². The number of ether oxygens (including phenoxy) is 2. The van der Waals surface area contributed by atoms with Gasteiger partial charge in [-0.1, -0.05) is 77.8 Å². The number of carbonyl (C=O) groups is 3. The fourth-order valence-electron chi connectivity index (χ4n) is 3.91. The summed E-state index contributed by atoms with van der Waals surface area (Å²) in [5, 5.41) is 2.15. The van der Waals surface area contributed by atoms with E-state index in [1.54, 1.807) is 24.3 Å². The van der Waals surface area contributed by atoms with Crippen molar-refractivity contribution in [2.75, 3.05) is 13.2 Å². The summed E-state index contributed by atoms with van der Waals surface area (Å²) in [5.41, 5.74) is 0.612. The number of nitrogens with zero attached hydrogens (tertiary/aromatic N) is 1. The molecule has 1 aliphatic rings. The summed E-state index contributed by atoms with van der Waals surface area (Å²) in [6.45, 7) is 0.242. The molecule has 0 N–H and O–H groups in total. The second kappa shape index (κ2) is 11.3. The number of hydrogen-bond donors (Lipinski definition) is 0.